The van der Waals surface area contributed by atoms with Crippen molar-refractivity contribution in [3.63, 3.8) is 0 Å². The monoisotopic (exact) mass is 394 g/mol. The fourth-order valence-corrected chi connectivity index (χ4v) is 3.04. The van der Waals surface area contributed by atoms with Gasteiger partial charge in [0.25, 0.3) is 0 Å². The van der Waals surface area contributed by atoms with Gasteiger partial charge in [0.1, 0.15) is 11.4 Å². The van der Waals surface area contributed by atoms with Gasteiger partial charge in [-0.1, -0.05) is 13.3 Å². The van der Waals surface area contributed by atoms with Crippen LogP contribution in [0.15, 0.2) is 47.5 Å². The third-order valence-corrected chi connectivity index (χ3v) is 4.44. The van der Waals surface area contributed by atoms with Crippen LogP contribution in [0.4, 0.5) is 5.69 Å². The quantitative estimate of drug-likeness (QED) is 0.398. The first-order chi connectivity index (χ1) is 13.9. The Balaban J connectivity index is 2.03. The second-order valence-electron chi connectivity index (χ2n) is 6.49. The molecular weight excluding hydrogens is 372 g/mol. The summed E-state index contributed by atoms with van der Waals surface area (Å²) < 4.78 is 5.02. The van der Waals surface area contributed by atoms with E-state index in [2.05, 4.69) is 9.98 Å². The summed E-state index contributed by atoms with van der Waals surface area (Å²) in [7, 11) is 0. The zero-order valence-corrected chi connectivity index (χ0v) is 16.2. The summed E-state index contributed by atoms with van der Waals surface area (Å²) in [6, 6.07) is 11.1. The fourth-order valence-electron chi connectivity index (χ4n) is 3.04. The van der Waals surface area contributed by atoms with E-state index in [1.54, 1.807) is 37.3 Å². The van der Waals surface area contributed by atoms with Crippen molar-refractivity contribution in [2.75, 3.05) is 6.61 Å². The number of hydrogen-bond acceptors (Lipinski definition) is 5. The number of aromatic hydroxyl groups is 1. The Morgan fingerprint density at radius 1 is 1.07 bits per heavy atom. The highest BCUT2D eigenvalue weighted by molar-refractivity contribution is 6.09. The largest absolute Gasteiger partial charge is 0.505 e. The topological polar surface area (TPSA) is 112 Å². The van der Waals surface area contributed by atoms with E-state index in [-0.39, 0.29) is 17.9 Å². The number of nitrogens with one attached hydrogen (secondary N) is 1. The molecule has 0 atom stereocenters. The molecule has 1 aromatic heterocycles. The summed E-state index contributed by atoms with van der Waals surface area (Å²) in [5.74, 6) is -1.37. The Kier molecular flexibility index (Phi) is 5.97. The lowest BCUT2D eigenvalue weighted by Gasteiger charge is -2.05. The van der Waals surface area contributed by atoms with Crippen LogP contribution in [0.5, 0.6) is 5.75 Å². The molecule has 0 saturated heterocycles. The van der Waals surface area contributed by atoms with E-state index in [1.165, 1.54) is 12.1 Å². The van der Waals surface area contributed by atoms with E-state index in [9.17, 15) is 14.7 Å². The lowest BCUT2D eigenvalue weighted by atomic mass is 10.1. The van der Waals surface area contributed by atoms with Crippen LogP contribution in [0.3, 0.4) is 0 Å². The van der Waals surface area contributed by atoms with Crippen LogP contribution < -0.4 is 0 Å². The van der Waals surface area contributed by atoms with E-state index < -0.39 is 11.9 Å². The Labute approximate surface area is 167 Å². The Morgan fingerprint density at radius 3 is 2.38 bits per heavy atom. The highest BCUT2D eigenvalue weighted by Gasteiger charge is 2.17. The first kappa shape index (κ1) is 20.1. The fraction of sp³-hybridized carbons (Fsp3) is 0.227. The van der Waals surface area contributed by atoms with E-state index >= 15 is 0 Å². The summed E-state index contributed by atoms with van der Waals surface area (Å²) in [6.45, 7) is 4.03. The molecule has 0 unspecified atom stereocenters. The molecule has 0 bridgehead atoms. The average Bonchev–Trinajstić information content (AvgIpc) is 3.04. The number of aromatic carboxylic acids is 1. The van der Waals surface area contributed by atoms with Gasteiger partial charge in [0.05, 0.1) is 34.6 Å². The zero-order valence-electron chi connectivity index (χ0n) is 16.2. The van der Waals surface area contributed by atoms with Gasteiger partial charge < -0.3 is 19.9 Å². The second kappa shape index (κ2) is 8.60. The van der Waals surface area contributed by atoms with E-state index in [4.69, 9.17) is 9.84 Å². The van der Waals surface area contributed by atoms with Crippen LogP contribution in [-0.2, 0) is 4.74 Å². The molecule has 3 aromatic rings. The van der Waals surface area contributed by atoms with Crippen LogP contribution in [0.25, 0.3) is 10.9 Å². The van der Waals surface area contributed by atoms with Crippen LogP contribution >= 0.6 is 0 Å². The number of esters is 1. The normalized spacial score (nSPS) is 11.6. The standard InChI is InChI=1S/C22H22N2O5/c1-3-5-17(23-15-9-6-13(7-10-15)21(26)27)19-20(25)16-11-8-14(12-18(16)24-19)22(28)29-4-2/h6-12,24-25H,3-5H2,1-2H3,(H,26,27). The van der Waals surface area contributed by atoms with Gasteiger partial charge in [-0.15, -0.1) is 0 Å². The van der Waals surface area contributed by atoms with Crippen molar-refractivity contribution in [1.29, 1.82) is 0 Å². The molecule has 0 radical (unpaired) electrons. The van der Waals surface area contributed by atoms with E-state index in [0.717, 1.165) is 6.42 Å². The molecule has 3 N–H and O–H groups in total. The third kappa shape index (κ3) is 4.29. The molecule has 0 amide bonds. The summed E-state index contributed by atoms with van der Waals surface area (Å²) in [5, 5.41) is 20.3. The zero-order chi connectivity index (χ0) is 21.0. The van der Waals surface area contributed by atoms with Gasteiger partial charge in [0.2, 0.25) is 0 Å². The Morgan fingerprint density at radius 2 is 1.76 bits per heavy atom. The summed E-state index contributed by atoms with van der Waals surface area (Å²) in [4.78, 5) is 30.7. The number of carboxylic acids is 1. The van der Waals surface area contributed by atoms with Crippen molar-refractivity contribution in [2.45, 2.75) is 26.7 Å². The van der Waals surface area contributed by atoms with Gasteiger partial charge in [-0.25, -0.2) is 9.59 Å². The molecule has 0 spiro atoms. The molecule has 0 fully saturated rings. The average molecular weight is 394 g/mol. The van der Waals surface area contributed by atoms with Crippen molar-refractivity contribution in [3.8, 4) is 5.75 Å². The van der Waals surface area contributed by atoms with Crippen LogP contribution in [-0.4, -0.2) is 39.5 Å². The first-order valence-electron chi connectivity index (χ1n) is 9.37. The summed E-state index contributed by atoms with van der Waals surface area (Å²) >= 11 is 0. The smallest absolute Gasteiger partial charge is 0.338 e. The minimum atomic E-state index is -1.00. The van der Waals surface area contributed by atoms with Crippen LogP contribution in [0, 0.1) is 0 Å². The summed E-state index contributed by atoms with van der Waals surface area (Å²) in [5.41, 5.74) is 2.88. The molecule has 1 heterocycles. The van der Waals surface area contributed by atoms with Gasteiger partial charge in [-0.3, -0.25) is 4.99 Å². The van der Waals surface area contributed by atoms with Gasteiger partial charge in [-0.05, 0) is 55.8 Å². The second-order valence-corrected chi connectivity index (χ2v) is 6.49. The predicted molar refractivity (Wildman–Crippen MR) is 110 cm³/mol. The van der Waals surface area contributed by atoms with Crippen molar-refractivity contribution < 1.29 is 24.5 Å². The molecule has 0 aliphatic carbocycles. The predicted octanol–water partition coefficient (Wildman–Crippen LogP) is 4.67. The number of fused-ring (bicyclic) bond motifs is 1. The number of carbonyl (C=O) groups is 2. The van der Waals surface area contributed by atoms with E-state index in [1.807, 2.05) is 6.92 Å². The number of aliphatic imine (C=N–C) groups is 1. The minimum absolute atomic E-state index is 0.0600. The lowest BCUT2D eigenvalue weighted by Crippen LogP contribution is -2.04. The number of nitrogens with zero attached hydrogens (tertiary/aromatic N) is 1. The first-order valence-corrected chi connectivity index (χ1v) is 9.37. The van der Waals surface area contributed by atoms with Gasteiger partial charge >= 0.3 is 11.9 Å². The van der Waals surface area contributed by atoms with Crippen molar-refractivity contribution in [1.82, 2.24) is 4.98 Å². The molecule has 29 heavy (non-hydrogen) atoms. The van der Waals surface area contributed by atoms with Crippen molar-refractivity contribution >= 4 is 34.2 Å². The SMILES string of the molecule is CCCC(=Nc1ccc(C(=O)O)cc1)c1[nH]c2cc(C(=O)OCC)ccc2c1O. The molecule has 0 aliphatic rings. The molecule has 7 nitrogen and oxygen atoms in total. The molecule has 0 saturated carbocycles. The van der Waals surface area contributed by atoms with Gasteiger partial charge in [-0.2, -0.15) is 0 Å². The highest BCUT2D eigenvalue weighted by atomic mass is 16.5. The number of H-pyrrole nitrogens is 1. The van der Waals surface area contributed by atoms with Gasteiger partial charge in [0.15, 0.2) is 0 Å². The number of hydrogen-bond donors (Lipinski definition) is 3. The molecule has 7 heteroatoms. The Hall–Kier alpha value is -3.61. The number of ether oxygens (including phenoxy) is 1. The molecular formula is C22H22N2O5. The number of carboxylic acid groups (broad SMARTS) is 1. The van der Waals surface area contributed by atoms with Crippen molar-refractivity contribution in [3.05, 3.63) is 59.3 Å². The number of carbonyl (C=O) groups excluding carboxylic acids is 1. The number of benzene rings is 2. The maximum atomic E-state index is 12.0. The molecule has 150 valence electrons. The lowest BCUT2D eigenvalue weighted by molar-refractivity contribution is 0.0526. The number of aromatic amines is 1. The third-order valence-electron chi connectivity index (χ3n) is 4.44. The number of aromatic nitrogens is 1. The van der Waals surface area contributed by atoms with Crippen LogP contribution in [0.1, 0.15) is 53.1 Å². The van der Waals surface area contributed by atoms with Crippen LogP contribution in [0.2, 0.25) is 0 Å². The molecule has 2 aromatic carbocycles. The molecule has 0 aliphatic heterocycles. The minimum Gasteiger partial charge on any atom is -0.505 e. The van der Waals surface area contributed by atoms with Gasteiger partial charge in [0, 0.05) is 5.39 Å². The Bertz CT molecular complexity index is 1080. The maximum Gasteiger partial charge on any atom is 0.338 e. The van der Waals surface area contributed by atoms with Crippen molar-refractivity contribution in [2.24, 2.45) is 4.99 Å². The summed E-state index contributed by atoms with van der Waals surface area (Å²) in [6.07, 6.45) is 1.40. The molecule has 3 rings (SSSR count). The number of rotatable bonds is 7. The van der Waals surface area contributed by atoms with E-state index in [0.29, 0.717) is 40.0 Å². The maximum absolute atomic E-state index is 12.0. The highest BCUT2D eigenvalue weighted by Crippen LogP contribution is 2.32.